The summed E-state index contributed by atoms with van der Waals surface area (Å²) in [6.45, 7) is 0.615. The number of hydrogen-bond donors (Lipinski definition) is 1. The molecule has 5 heteroatoms. The van der Waals surface area contributed by atoms with Gasteiger partial charge in [-0.25, -0.2) is 4.68 Å². The van der Waals surface area contributed by atoms with Gasteiger partial charge in [0, 0.05) is 5.92 Å². The van der Waals surface area contributed by atoms with Crippen LogP contribution >= 0.6 is 0 Å². The molecule has 1 aliphatic carbocycles. The summed E-state index contributed by atoms with van der Waals surface area (Å²) in [4.78, 5) is 0. The SMILES string of the molecule is OCCn1nnnc1C1CCC1. The van der Waals surface area contributed by atoms with E-state index in [-0.39, 0.29) is 6.61 Å². The molecule has 0 amide bonds. The molecule has 2 rings (SSSR count). The van der Waals surface area contributed by atoms with Crippen LogP contribution in [-0.4, -0.2) is 31.9 Å². The van der Waals surface area contributed by atoms with Crippen molar-refractivity contribution in [3.8, 4) is 0 Å². The van der Waals surface area contributed by atoms with Crippen LogP contribution in [0, 0.1) is 0 Å². The van der Waals surface area contributed by atoms with Crippen LogP contribution in [-0.2, 0) is 6.54 Å². The summed E-state index contributed by atoms with van der Waals surface area (Å²) in [5.41, 5.74) is 0. The van der Waals surface area contributed by atoms with Crippen LogP contribution in [0.1, 0.15) is 31.0 Å². The third kappa shape index (κ3) is 1.20. The van der Waals surface area contributed by atoms with Gasteiger partial charge >= 0.3 is 0 Å². The van der Waals surface area contributed by atoms with Crippen LogP contribution in [0.3, 0.4) is 0 Å². The highest BCUT2D eigenvalue weighted by Crippen LogP contribution is 2.34. The fraction of sp³-hybridized carbons (Fsp3) is 0.857. The number of aliphatic hydroxyl groups excluding tert-OH is 1. The number of tetrazole rings is 1. The maximum atomic E-state index is 8.72. The molecule has 0 aromatic carbocycles. The Morgan fingerprint density at radius 1 is 1.50 bits per heavy atom. The summed E-state index contributed by atoms with van der Waals surface area (Å²) < 4.78 is 1.70. The van der Waals surface area contributed by atoms with Crippen molar-refractivity contribution >= 4 is 0 Å². The third-order valence-electron chi connectivity index (χ3n) is 2.34. The highest BCUT2D eigenvalue weighted by atomic mass is 16.3. The van der Waals surface area contributed by atoms with Crippen LogP contribution in [0.15, 0.2) is 0 Å². The summed E-state index contributed by atoms with van der Waals surface area (Å²) in [5.74, 6) is 1.47. The Balaban J connectivity index is 2.12. The third-order valence-corrected chi connectivity index (χ3v) is 2.34. The van der Waals surface area contributed by atoms with Gasteiger partial charge in [0.2, 0.25) is 0 Å². The van der Waals surface area contributed by atoms with Gasteiger partial charge in [-0.05, 0) is 23.3 Å². The predicted octanol–water partition coefficient (Wildman–Crippen LogP) is -0.0671. The van der Waals surface area contributed by atoms with Gasteiger partial charge < -0.3 is 5.11 Å². The van der Waals surface area contributed by atoms with Crippen LogP contribution in [0.25, 0.3) is 0 Å². The van der Waals surface area contributed by atoms with E-state index in [1.807, 2.05) is 0 Å². The first-order chi connectivity index (χ1) is 5.92. The molecular formula is C7H12N4O. The molecule has 0 spiro atoms. The maximum Gasteiger partial charge on any atom is 0.154 e. The van der Waals surface area contributed by atoms with E-state index < -0.39 is 0 Å². The standard InChI is InChI=1S/C7H12N4O/c12-5-4-11-7(8-9-10-11)6-2-1-3-6/h6,12H,1-5H2. The molecule has 66 valence electrons. The minimum absolute atomic E-state index is 0.102. The second-order valence-electron chi connectivity index (χ2n) is 3.11. The quantitative estimate of drug-likeness (QED) is 0.686. The molecule has 1 aromatic rings. The Kier molecular flexibility index (Phi) is 2.03. The molecule has 1 heterocycles. The molecule has 12 heavy (non-hydrogen) atoms. The molecule has 1 aromatic heterocycles. The Bertz CT molecular complexity index is 256. The predicted molar refractivity (Wildman–Crippen MR) is 41.5 cm³/mol. The van der Waals surface area contributed by atoms with Gasteiger partial charge in [-0.1, -0.05) is 6.42 Å². The molecular weight excluding hydrogens is 156 g/mol. The lowest BCUT2D eigenvalue weighted by Gasteiger charge is -2.23. The van der Waals surface area contributed by atoms with Gasteiger partial charge in [-0.2, -0.15) is 0 Å². The molecule has 1 aliphatic rings. The summed E-state index contributed by atoms with van der Waals surface area (Å²) in [7, 11) is 0. The van der Waals surface area contributed by atoms with Crippen molar-refractivity contribution in [1.82, 2.24) is 20.2 Å². The number of aliphatic hydroxyl groups is 1. The Hall–Kier alpha value is -0.970. The molecule has 5 nitrogen and oxygen atoms in total. The monoisotopic (exact) mass is 168 g/mol. The van der Waals surface area contributed by atoms with Gasteiger partial charge in [0.15, 0.2) is 5.82 Å². The van der Waals surface area contributed by atoms with Crippen molar-refractivity contribution < 1.29 is 5.11 Å². The first-order valence-corrected chi connectivity index (χ1v) is 4.28. The number of rotatable bonds is 3. The zero-order valence-electron chi connectivity index (χ0n) is 6.85. The topological polar surface area (TPSA) is 63.8 Å². The van der Waals surface area contributed by atoms with Crippen molar-refractivity contribution in [1.29, 1.82) is 0 Å². The van der Waals surface area contributed by atoms with Crippen molar-refractivity contribution in [3.63, 3.8) is 0 Å². The van der Waals surface area contributed by atoms with Gasteiger partial charge in [-0.15, -0.1) is 5.10 Å². The first kappa shape index (κ1) is 7.67. The molecule has 0 atom stereocenters. The van der Waals surface area contributed by atoms with E-state index in [1.54, 1.807) is 4.68 Å². The van der Waals surface area contributed by atoms with E-state index in [2.05, 4.69) is 15.5 Å². The Morgan fingerprint density at radius 3 is 2.92 bits per heavy atom. The molecule has 1 N–H and O–H groups in total. The highest BCUT2D eigenvalue weighted by Gasteiger charge is 2.24. The van der Waals surface area contributed by atoms with Crippen molar-refractivity contribution in [2.75, 3.05) is 6.61 Å². The number of nitrogens with zero attached hydrogens (tertiary/aromatic N) is 4. The lowest BCUT2D eigenvalue weighted by molar-refractivity contribution is 0.260. The smallest absolute Gasteiger partial charge is 0.154 e. The molecule has 0 saturated heterocycles. The van der Waals surface area contributed by atoms with E-state index >= 15 is 0 Å². The van der Waals surface area contributed by atoms with Gasteiger partial charge in [-0.3, -0.25) is 0 Å². The molecule has 1 saturated carbocycles. The molecule has 1 fully saturated rings. The summed E-state index contributed by atoms with van der Waals surface area (Å²) in [6, 6.07) is 0. The summed E-state index contributed by atoms with van der Waals surface area (Å²) in [5, 5.41) is 20.1. The zero-order chi connectivity index (χ0) is 8.39. The van der Waals surface area contributed by atoms with E-state index in [9.17, 15) is 0 Å². The molecule has 0 radical (unpaired) electrons. The van der Waals surface area contributed by atoms with Crippen LogP contribution in [0.2, 0.25) is 0 Å². The Labute approximate surface area is 70.4 Å². The van der Waals surface area contributed by atoms with E-state index in [0.717, 1.165) is 5.82 Å². The highest BCUT2D eigenvalue weighted by molar-refractivity contribution is 4.98. The van der Waals surface area contributed by atoms with Crippen molar-refractivity contribution in [2.45, 2.75) is 31.7 Å². The normalized spacial score (nSPS) is 17.8. The average molecular weight is 168 g/mol. The van der Waals surface area contributed by atoms with Crippen molar-refractivity contribution in [3.05, 3.63) is 5.82 Å². The van der Waals surface area contributed by atoms with Gasteiger partial charge in [0.1, 0.15) is 0 Å². The average Bonchev–Trinajstić information content (AvgIpc) is 2.35. The van der Waals surface area contributed by atoms with E-state index in [1.165, 1.54) is 19.3 Å². The first-order valence-electron chi connectivity index (χ1n) is 4.28. The summed E-state index contributed by atoms with van der Waals surface area (Å²) >= 11 is 0. The van der Waals surface area contributed by atoms with Gasteiger partial charge in [0.25, 0.3) is 0 Å². The zero-order valence-corrected chi connectivity index (χ0v) is 6.85. The van der Waals surface area contributed by atoms with E-state index in [4.69, 9.17) is 5.11 Å². The fourth-order valence-corrected chi connectivity index (χ4v) is 1.42. The lowest BCUT2D eigenvalue weighted by Crippen LogP contribution is -2.17. The second kappa shape index (κ2) is 3.18. The lowest BCUT2D eigenvalue weighted by atomic mass is 9.85. The van der Waals surface area contributed by atoms with Crippen molar-refractivity contribution in [2.24, 2.45) is 0 Å². The number of aromatic nitrogens is 4. The fourth-order valence-electron chi connectivity index (χ4n) is 1.42. The minimum atomic E-state index is 0.102. The van der Waals surface area contributed by atoms with Crippen LogP contribution in [0.5, 0.6) is 0 Å². The molecule has 0 aliphatic heterocycles. The second-order valence-corrected chi connectivity index (χ2v) is 3.11. The largest absolute Gasteiger partial charge is 0.394 e. The van der Waals surface area contributed by atoms with E-state index in [0.29, 0.717) is 12.5 Å². The molecule has 0 bridgehead atoms. The van der Waals surface area contributed by atoms with Gasteiger partial charge in [0.05, 0.1) is 13.2 Å². The van der Waals surface area contributed by atoms with Crippen LogP contribution in [0.4, 0.5) is 0 Å². The minimum Gasteiger partial charge on any atom is -0.394 e. The van der Waals surface area contributed by atoms with Crippen LogP contribution < -0.4 is 0 Å². The molecule has 0 unspecified atom stereocenters. The number of hydrogen-bond acceptors (Lipinski definition) is 4. The maximum absolute atomic E-state index is 8.72. The summed E-state index contributed by atoms with van der Waals surface area (Å²) in [6.07, 6.45) is 3.65. The Morgan fingerprint density at radius 2 is 2.33 bits per heavy atom.